The highest BCUT2D eigenvalue weighted by atomic mass is 32.2. The second-order valence-corrected chi connectivity index (χ2v) is 8.05. The lowest BCUT2D eigenvalue weighted by atomic mass is 10.1. The van der Waals surface area contributed by atoms with E-state index in [1.54, 1.807) is 0 Å². The van der Waals surface area contributed by atoms with Crippen LogP contribution in [0.5, 0.6) is 0 Å². The summed E-state index contributed by atoms with van der Waals surface area (Å²) in [7, 11) is -2.79. The van der Waals surface area contributed by atoms with Crippen molar-refractivity contribution in [3.63, 3.8) is 0 Å². The van der Waals surface area contributed by atoms with E-state index >= 15 is 0 Å². The Morgan fingerprint density at radius 1 is 1.26 bits per heavy atom. The second-order valence-electron chi connectivity index (χ2n) is 5.82. The lowest BCUT2D eigenvalue weighted by Crippen LogP contribution is -2.34. The summed E-state index contributed by atoms with van der Waals surface area (Å²) in [6, 6.07) is 0. The zero-order valence-electron chi connectivity index (χ0n) is 11.4. The van der Waals surface area contributed by atoms with Gasteiger partial charge in [-0.05, 0) is 31.7 Å². The first-order chi connectivity index (χ1) is 9.05. The minimum Gasteiger partial charge on any atom is -0.389 e. The molecule has 0 bridgehead atoms. The SMILES string of the molecule is O=S1(=O)CCC(CNCC(O)COC2CCCC2)C1. The first-order valence-electron chi connectivity index (χ1n) is 7.26. The van der Waals surface area contributed by atoms with E-state index in [-0.39, 0.29) is 11.7 Å². The summed E-state index contributed by atoms with van der Waals surface area (Å²) in [5.41, 5.74) is 0. The molecule has 0 spiro atoms. The Morgan fingerprint density at radius 3 is 2.63 bits per heavy atom. The molecule has 2 atom stereocenters. The van der Waals surface area contributed by atoms with Crippen molar-refractivity contribution >= 4 is 9.84 Å². The Morgan fingerprint density at radius 2 is 2.00 bits per heavy atom. The third-order valence-corrected chi connectivity index (χ3v) is 5.80. The highest BCUT2D eigenvalue weighted by Gasteiger charge is 2.27. The molecule has 0 radical (unpaired) electrons. The molecule has 1 aliphatic carbocycles. The maximum atomic E-state index is 11.3. The van der Waals surface area contributed by atoms with Crippen molar-refractivity contribution < 1.29 is 18.3 Å². The van der Waals surface area contributed by atoms with Crippen LogP contribution in [-0.2, 0) is 14.6 Å². The molecule has 2 rings (SSSR count). The van der Waals surface area contributed by atoms with Crippen LogP contribution < -0.4 is 5.32 Å². The van der Waals surface area contributed by atoms with Gasteiger partial charge in [0.05, 0.1) is 30.3 Å². The zero-order chi connectivity index (χ0) is 13.7. The normalized spacial score (nSPS) is 28.8. The third kappa shape index (κ3) is 5.38. The van der Waals surface area contributed by atoms with Crippen LogP contribution in [0.3, 0.4) is 0 Å². The van der Waals surface area contributed by atoms with E-state index in [0.717, 1.165) is 19.3 Å². The number of hydrogen-bond acceptors (Lipinski definition) is 5. The van der Waals surface area contributed by atoms with Crippen molar-refractivity contribution in [3.8, 4) is 0 Å². The van der Waals surface area contributed by atoms with Gasteiger partial charge >= 0.3 is 0 Å². The van der Waals surface area contributed by atoms with Crippen LogP contribution in [0, 0.1) is 5.92 Å². The number of hydrogen-bond donors (Lipinski definition) is 2. The third-order valence-electron chi connectivity index (χ3n) is 3.97. The molecule has 2 N–H and O–H groups in total. The number of aliphatic hydroxyl groups excluding tert-OH is 1. The lowest BCUT2D eigenvalue weighted by Gasteiger charge is -2.17. The topological polar surface area (TPSA) is 75.6 Å². The minimum atomic E-state index is -2.79. The van der Waals surface area contributed by atoms with Gasteiger partial charge in [0.1, 0.15) is 0 Å². The number of aliphatic hydroxyl groups is 1. The van der Waals surface area contributed by atoms with Crippen LogP contribution >= 0.6 is 0 Å². The predicted molar refractivity (Wildman–Crippen MR) is 73.8 cm³/mol. The molecular weight excluding hydrogens is 266 g/mol. The standard InChI is InChI=1S/C13H25NO4S/c15-12(9-18-13-3-1-2-4-13)8-14-7-11-5-6-19(16,17)10-11/h11-15H,1-10H2. The molecule has 1 heterocycles. The quantitative estimate of drug-likeness (QED) is 0.707. The van der Waals surface area contributed by atoms with Crippen LogP contribution in [0.15, 0.2) is 0 Å². The summed E-state index contributed by atoms with van der Waals surface area (Å²) in [5.74, 6) is 0.800. The predicted octanol–water partition coefficient (Wildman–Crippen LogP) is 0.331. The van der Waals surface area contributed by atoms with Gasteiger partial charge in [-0.15, -0.1) is 0 Å². The summed E-state index contributed by atoms with van der Waals surface area (Å²) in [4.78, 5) is 0. The Bertz CT molecular complexity index is 365. The molecule has 0 aromatic carbocycles. The Balaban J connectivity index is 1.52. The van der Waals surface area contributed by atoms with Gasteiger partial charge in [0.2, 0.25) is 0 Å². The monoisotopic (exact) mass is 291 g/mol. The summed E-state index contributed by atoms with van der Waals surface area (Å²) >= 11 is 0. The largest absolute Gasteiger partial charge is 0.389 e. The number of sulfone groups is 1. The Hall–Kier alpha value is -0.170. The highest BCUT2D eigenvalue weighted by molar-refractivity contribution is 7.91. The van der Waals surface area contributed by atoms with Gasteiger partial charge in [0, 0.05) is 6.54 Å². The number of nitrogens with one attached hydrogen (secondary N) is 1. The summed E-state index contributed by atoms with van der Waals surface area (Å²) in [5, 5.41) is 12.9. The lowest BCUT2D eigenvalue weighted by molar-refractivity contribution is -0.00555. The molecule has 6 heteroatoms. The van der Waals surface area contributed by atoms with Crippen molar-refractivity contribution in [2.24, 2.45) is 5.92 Å². The van der Waals surface area contributed by atoms with Gasteiger partial charge in [-0.25, -0.2) is 8.42 Å². The van der Waals surface area contributed by atoms with Crippen molar-refractivity contribution in [2.45, 2.75) is 44.3 Å². The van der Waals surface area contributed by atoms with Crippen LogP contribution in [-0.4, -0.2) is 56.9 Å². The fourth-order valence-electron chi connectivity index (χ4n) is 2.85. The number of rotatable bonds is 7. The molecule has 1 aliphatic heterocycles. The van der Waals surface area contributed by atoms with Crippen LogP contribution in [0.25, 0.3) is 0 Å². The van der Waals surface area contributed by atoms with Gasteiger partial charge < -0.3 is 15.2 Å². The van der Waals surface area contributed by atoms with Crippen molar-refractivity contribution in [2.75, 3.05) is 31.2 Å². The van der Waals surface area contributed by atoms with Gasteiger partial charge in [0.25, 0.3) is 0 Å². The molecule has 1 saturated heterocycles. The van der Waals surface area contributed by atoms with Crippen molar-refractivity contribution in [3.05, 3.63) is 0 Å². The maximum absolute atomic E-state index is 11.3. The van der Waals surface area contributed by atoms with E-state index in [2.05, 4.69) is 5.32 Å². The first kappa shape index (κ1) is 15.2. The van der Waals surface area contributed by atoms with E-state index in [4.69, 9.17) is 4.74 Å². The summed E-state index contributed by atoms with van der Waals surface area (Å²) < 4.78 is 28.2. The molecule has 2 aliphatic rings. The van der Waals surface area contributed by atoms with E-state index in [9.17, 15) is 13.5 Å². The van der Waals surface area contributed by atoms with E-state index in [1.165, 1.54) is 12.8 Å². The average Bonchev–Trinajstić information content (AvgIpc) is 2.96. The van der Waals surface area contributed by atoms with Gasteiger partial charge in [-0.1, -0.05) is 12.8 Å². The summed E-state index contributed by atoms with van der Waals surface area (Å²) in [6.07, 6.45) is 5.25. The van der Waals surface area contributed by atoms with Crippen LogP contribution in [0.4, 0.5) is 0 Å². The van der Waals surface area contributed by atoms with E-state index < -0.39 is 15.9 Å². The molecule has 0 aromatic rings. The zero-order valence-corrected chi connectivity index (χ0v) is 12.2. The Kier molecular flexibility index (Phi) is 5.62. The first-order valence-corrected chi connectivity index (χ1v) is 9.08. The minimum absolute atomic E-state index is 0.202. The molecule has 112 valence electrons. The maximum Gasteiger partial charge on any atom is 0.150 e. The van der Waals surface area contributed by atoms with Crippen LogP contribution in [0.2, 0.25) is 0 Å². The van der Waals surface area contributed by atoms with Crippen molar-refractivity contribution in [1.82, 2.24) is 5.32 Å². The molecular formula is C13H25NO4S. The molecule has 5 nitrogen and oxygen atoms in total. The fourth-order valence-corrected chi connectivity index (χ4v) is 4.71. The fraction of sp³-hybridized carbons (Fsp3) is 1.00. The Labute approximate surface area is 115 Å². The van der Waals surface area contributed by atoms with Crippen LogP contribution in [0.1, 0.15) is 32.1 Å². The highest BCUT2D eigenvalue weighted by Crippen LogP contribution is 2.21. The molecule has 19 heavy (non-hydrogen) atoms. The molecule has 0 amide bonds. The second kappa shape index (κ2) is 7.02. The van der Waals surface area contributed by atoms with Gasteiger partial charge in [-0.3, -0.25) is 0 Å². The molecule has 2 unspecified atom stereocenters. The smallest absolute Gasteiger partial charge is 0.150 e. The average molecular weight is 291 g/mol. The van der Waals surface area contributed by atoms with E-state index in [0.29, 0.717) is 31.6 Å². The number of ether oxygens (including phenoxy) is 1. The summed E-state index contributed by atoms with van der Waals surface area (Å²) in [6.45, 7) is 1.52. The van der Waals surface area contributed by atoms with E-state index in [1.807, 2.05) is 0 Å². The molecule has 2 fully saturated rings. The molecule has 0 aromatic heterocycles. The van der Waals surface area contributed by atoms with Gasteiger partial charge in [0.15, 0.2) is 9.84 Å². The van der Waals surface area contributed by atoms with Gasteiger partial charge in [-0.2, -0.15) is 0 Å². The van der Waals surface area contributed by atoms with Crippen molar-refractivity contribution in [1.29, 1.82) is 0 Å². The molecule has 1 saturated carbocycles.